The Morgan fingerprint density at radius 3 is 2.65 bits per heavy atom. The topological polar surface area (TPSA) is 37.8 Å². The second-order valence-electron chi connectivity index (χ2n) is 3.19. The van der Waals surface area contributed by atoms with Gasteiger partial charge in [-0.2, -0.15) is 4.98 Å². The molecule has 0 spiro atoms. The number of nitrogens with one attached hydrogen (secondary N) is 1. The van der Waals surface area contributed by atoms with E-state index in [1.165, 1.54) is 4.90 Å². The van der Waals surface area contributed by atoms with Gasteiger partial charge >= 0.3 is 0 Å². The van der Waals surface area contributed by atoms with E-state index in [0.717, 1.165) is 10.2 Å². The van der Waals surface area contributed by atoms with E-state index in [-0.39, 0.29) is 5.28 Å². The lowest BCUT2D eigenvalue weighted by Crippen LogP contribution is -1.96. The number of aromatic nitrogens is 2. The van der Waals surface area contributed by atoms with Gasteiger partial charge in [0.25, 0.3) is 0 Å². The molecule has 1 aromatic carbocycles. The normalized spacial score (nSPS) is 10.3. The largest absolute Gasteiger partial charge is 0.339 e. The first-order valence-electron chi connectivity index (χ1n) is 4.78. The van der Waals surface area contributed by atoms with Crippen LogP contribution in [0.3, 0.4) is 0 Å². The first-order valence-corrected chi connectivity index (χ1v) is 7.18. The molecule has 2 rings (SSSR count). The fraction of sp³-hybridized carbons (Fsp3) is 0.0909. The summed E-state index contributed by atoms with van der Waals surface area (Å²) in [6.07, 6.45) is 3.66. The van der Waals surface area contributed by atoms with Crippen molar-refractivity contribution >= 4 is 50.8 Å². The van der Waals surface area contributed by atoms with Crippen LogP contribution in [-0.4, -0.2) is 16.2 Å². The summed E-state index contributed by atoms with van der Waals surface area (Å²) in [5, 5.41) is 3.39. The van der Waals surface area contributed by atoms with Crippen molar-refractivity contribution < 1.29 is 0 Å². The highest BCUT2D eigenvalue weighted by Gasteiger charge is 2.04. The SMILES string of the molecule is CSc1ccc(Nc2nc(Cl)ncc2Br)cc1. The van der Waals surface area contributed by atoms with Crippen LogP contribution in [0, 0.1) is 0 Å². The Bertz CT molecular complexity index is 519. The van der Waals surface area contributed by atoms with Crippen molar-refractivity contribution in [1.29, 1.82) is 0 Å². The van der Waals surface area contributed by atoms with Crippen molar-refractivity contribution in [3.05, 3.63) is 40.2 Å². The Morgan fingerprint density at radius 2 is 2.00 bits per heavy atom. The zero-order chi connectivity index (χ0) is 12.3. The van der Waals surface area contributed by atoms with Gasteiger partial charge in [-0.1, -0.05) is 0 Å². The molecule has 0 fully saturated rings. The molecule has 88 valence electrons. The minimum absolute atomic E-state index is 0.219. The molecule has 0 atom stereocenters. The zero-order valence-electron chi connectivity index (χ0n) is 8.95. The first kappa shape index (κ1) is 12.7. The Hall–Kier alpha value is -0.780. The van der Waals surface area contributed by atoms with E-state index in [0.29, 0.717) is 5.82 Å². The average Bonchev–Trinajstić information content (AvgIpc) is 2.35. The molecule has 3 nitrogen and oxygen atoms in total. The predicted molar refractivity (Wildman–Crippen MR) is 76.2 cm³/mol. The summed E-state index contributed by atoms with van der Waals surface area (Å²) in [5.74, 6) is 0.655. The fourth-order valence-corrected chi connectivity index (χ4v) is 2.08. The number of anilines is 2. The van der Waals surface area contributed by atoms with Gasteiger partial charge in [0.05, 0.1) is 4.47 Å². The van der Waals surface area contributed by atoms with Gasteiger partial charge in [0, 0.05) is 16.8 Å². The standard InChI is InChI=1S/C11H9BrClN3S/c1-17-8-4-2-7(3-5-8)15-10-9(12)6-14-11(13)16-10/h2-6H,1H3,(H,14,15,16). The van der Waals surface area contributed by atoms with Crippen molar-refractivity contribution in [2.75, 3.05) is 11.6 Å². The number of halogens is 2. The van der Waals surface area contributed by atoms with Gasteiger partial charge in [-0.25, -0.2) is 4.98 Å². The van der Waals surface area contributed by atoms with Crippen LogP contribution < -0.4 is 5.32 Å². The van der Waals surface area contributed by atoms with Gasteiger partial charge in [-0.15, -0.1) is 11.8 Å². The third-order valence-corrected chi connectivity index (χ3v) is 3.57. The molecular formula is C11H9BrClN3S. The van der Waals surface area contributed by atoms with Crippen molar-refractivity contribution in [2.24, 2.45) is 0 Å². The summed E-state index contributed by atoms with van der Waals surface area (Å²) in [6.45, 7) is 0. The summed E-state index contributed by atoms with van der Waals surface area (Å²) in [4.78, 5) is 9.19. The van der Waals surface area contributed by atoms with E-state index in [1.54, 1.807) is 18.0 Å². The molecule has 6 heteroatoms. The molecule has 0 saturated carbocycles. The highest BCUT2D eigenvalue weighted by molar-refractivity contribution is 9.10. The van der Waals surface area contributed by atoms with Crippen LogP contribution in [0.4, 0.5) is 11.5 Å². The van der Waals surface area contributed by atoms with E-state index >= 15 is 0 Å². The third-order valence-electron chi connectivity index (χ3n) is 2.07. The highest BCUT2D eigenvalue weighted by Crippen LogP contribution is 2.25. The molecule has 1 N–H and O–H groups in total. The Morgan fingerprint density at radius 1 is 1.29 bits per heavy atom. The minimum Gasteiger partial charge on any atom is -0.339 e. The van der Waals surface area contributed by atoms with Crippen LogP contribution in [0.15, 0.2) is 39.8 Å². The molecule has 1 heterocycles. The molecule has 1 aromatic heterocycles. The summed E-state index contributed by atoms with van der Waals surface area (Å²) in [7, 11) is 0. The van der Waals surface area contributed by atoms with Gasteiger partial charge in [-0.05, 0) is 58.1 Å². The second-order valence-corrected chi connectivity index (χ2v) is 5.26. The zero-order valence-corrected chi connectivity index (χ0v) is 12.1. The molecule has 0 unspecified atom stereocenters. The van der Waals surface area contributed by atoms with Crippen LogP contribution >= 0.6 is 39.3 Å². The Labute approximate surface area is 117 Å². The lowest BCUT2D eigenvalue weighted by Gasteiger charge is -2.07. The maximum atomic E-state index is 5.74. The predicted octanol–water partition coefficient (Wildman–Crippen LogP) is 4.36. The van der Waals surface area contributed by atoms with Crippen molar-refractivity contribution in [3.8, 4) is 0 Å². The molecule has 0 aliphatic carbocycles. The van der Waals surface area contributed by atoms with E-state index in [4.69, 9.17) is 11.6 Å². The smallest absolute Gasteiger partial charge is 0.224 e. The van der Waals surface area contributed by atoms with Crippen molar-refractivity contribution in [2.45, 2.75) is 4.90 Å². The highest BCUT2D eigenvalue weighted by atomic mass is 79.9. The van der Waals surface area contributed by atoms with E-state index in [9.17, 15) is 0 Å². The van der Waals surface area contributed by atoms with Crippen LogP contribution in [0.25, 0.3) is 0 Å². The van der Waals surface area contributed by atoms with Crippen LogP contribution in [-0.2, 0) is 0 Å². The van der Waals surface area contributed by atoms with Crippen LogP contribution in [0.5, 0.6) is 0 Å². The molecule has 0 aliphatic rings. The number of thioether (sulfide) groups is 1. The second kappa shape index (κ2) is 5.71. The summed E-state index contributed by atoms with van der Waals surface area (Å²) in [6, 6.07) is 8.08. The molecule has 0 radical (unpaired) electrons. The van der Waals surface area contributed by atoms with Gasteiger partial charge < -0.3 is 5.32 Å². The molecule has 0 bridgehead atoms. The van der Waals surface area contributed by atoms with Crippen molar-refractivity contribution in [1.82, 2.24) is 9.97 Å². The molecule has 0 amide bonds. The summed E-state index contributed by atoms with van der Waals surface area (Å²) < 4.78 is 0.774. The van der Waals surface area contributed by atoms with Gasteiger partial charge in [0.2, 0.25) is 5.28 Å². The maximum absolute atomic E-state index is 5.74. The minimum atomic E-state index is 0.219. The number of nitrogens with zero attached hydrogens (tertiary/aromatic N) is 2. The molecular weight excluding hydrogens is 322 g/mol. The van der Waals surface area contributed by atoms with Crippen molar-refractivity contribution in [3.63, 3.8) is 0 Å². The van der Waals surface area contributed by atoms with E-state index in [2.05, 4.69) is 31.2 Å². The van der Waals surface area contributed by atoms with E-state index in [1.807, 2.05) is 30.5 Å². The number of hydrogen-bond acceptors (Lipinski definition) is 4. The Kier molecular flexibility index (Phi) is 4.25. The summed E-state index contributed by atoms with van der Waals surface area (Å²) in [5.41, 5.74) is 0.957. The van der Waals surface area contributed by atoms with Gasteiger partial charge in [0.15, 0.2) is 0 Å². The lowest BCUT2D eigenvalue weighted by atomic mass is 10.3. The average molecular weight is 331 g/mol. The quantitative estimate of drug-likeness (QED) is 0.670. The third kappa shape index (κ3) is 3.34. The van der Waals surface area contributed by atoms with Gasteiger partial charge in [0.1, 0.15) is 5.82 Å². The molecule has 17 heavy (non-hydrogen) atoms. The number of hydrogen-bond donors (Lipinski definition) is 1. The Balaban J connectivity index is 2.22. The maximum Gasteiger partial charge on any atom is 0.224 e. The van der Waals surface area contributed by atoms with Crippen LogP contribution in [0.2, 0.25) is 5.28 Å². The molecule has 2 aromatic rings. The number of rotatable bonds is 3. The monoisotopic (exact) mass is 329 g/mol. The van der Waals surface area contributed by atoms with Crippen LogP contribution in [0.1, 0.15) is 0 Å². The first-order chi connectivity index (χ1) is 8.19. The van der Waals surface area contributed by atoms with E-state index < -0.39 is 0 Å². The summed E-state index contributed by atoms with van der Waals surface area (Å²) >= 11 is 10.8. The molecule has 0 aliphatic heterocycles. The number of benzene rings is 1. The lowest BCUT2D eigenvalue weighted by molar-refractivity contribution is 1.15. The molecule has 0 saturated heterocycles. The fourth-order valence-electron chi connectivity index (χ4n) is 1.24. The van der Waals surface area contributed by atoms with Gasteiger partial charge in [-0.3, -0.25) is 0 Å².